The topological polar surface area (TPSA) is 68.7 Å². The minimum absolute atomic E-state index is 0.0707. The lowest BCUT2D eigenvalue weighted by Crippen LogP contribution is -2.21. The molecule has 1 aliphatic rings. The van der Waals surface area contributed by atoms with Crippen molar-refractivity contribution in [3.63, 3.8) is 0 Å². The van der Waals surface area contributed by atoms with Crippen molar-refractivity contribution in [3.05, 3.63) is 23.0 Å². The molecule has 0 unspecified atom stereocenters. The van der Waals surface area contributed by atoms with Crippen molar-refractivity contribution in [3.8, 4) is 5.75 Å². The van der Waals surface area contributed by atoms with Crippen molar-refractivity contribution in [2.24, 2.45) is 5.92 Å². The quantitative estimate of drug-likeness (QED) is 0.851. The number of aromatic nitrogens is 1. The molecule has 0 spiro atoms. The molecule has 1 aromatic heterocycles. The number of rotatable bonds is 4. The molecule has 1 aromatic rings. The van der Waals surface area contributed by atoms with Gasteiger partial charge in [-0.25, -0.2) is 9.78 Å². The van der Waals surface area contributed by atoms with Crippen molar-refractivity contribution in [1.29, 1.82) is 0 Å². The molecule has 1 aliphatic heterocycles. The first kappa shape index (κ1) is 13.1. The van der Waals surface area contributed by atoms with E-state index in [9.17, 15) is 4.79 Å². The second-order valence-corrected chi connectivity index (χ2v) is 4.54. The lowest BCUT2D eigenvalue weighted by atomic mass is 10.0. The lowest BCUT2D eigenvalue weighted by Gasteiger charge is -2.22. The molecule has 18 heavy (non-hydrogen) atoms. The van der Waals surface area contributed by atoms with Gasteiger partial charge in [-0.1, -0.05) is 11.6 Å². The van der Waals surface area contributed by atoms with E-state index in [0.717, 1.165) is 26.1 Å². The highest BCUT2D eigenvalue weighted by molar-refractivity contribution is 6.30. The van der Waals surface area contributed by atoms with Gasteiger partial charge in [0.1, 0.15) is 0 Å². The Morgan fingerprint density at radius 3 is 2.94 bits per heavy atom. The Balaban J connectivity index is 1.99. The van der Waals surface area contributed by atoms with E-state index in [1.807, 2.05) is 0 Å². The molecule has 0 aliphatic carbocycles. The van der Waals surface area contributed by atoms with Crippen molar-refractivity contribution in [2.45, 2.75) is 12.8 Å². The van der Waals surface area contributed by atoms with Gasteiger partial charge in [-0.15, -0.1) is 0 Å². The van der Waals surface area contributed by atoms with E-state index in [-0.39, 0.29) is 10.7 Å². The van der Waals surface area contributed by atoms with E-state index in [2.05, 4.69) is 4.98 Å². The molecule has 6 heteroatoms. The number of carboxylic acid groups (broad SMARTS) is 1. The second-order valence-electron chi connectivity index (χ2n) is 4.18. The predicted molar refractivity (Wildman–Crippen MR) is 65.2 cm³/mol. The summed E-state index contributed by atoms with van der Waals surface area (Å²) in [5.41, 5.74) is 0.0707. The third kappa shape index (κ3) is 3.34. The lowest BCUT2D eigenvalue weighted by molar-refractivity contribution is 0.0497. The minimum Gasteiger partial charge on any atom is -0.490 e. The number of nitrogens with zero attached hydrogens (tertiary/aromatic N) is 1. The summed E-state index contributed by atoms with van der Waals surface area (Å²) in [6.45, 7) is 2.00. The van der Waals surface area contributed by atoms with Gasteiger partial charge in [0.2, 0.25) is 0 Å². The third-order valence-electron chi connectivity index (χ3n) is 2.87. The Labute approximate surface area is 110 Å². The molecule has 2 rings (SSSR count). The van der Waals surface area contributed by atoms with Crippen LogP contribution in [0.15, 0.2) is 12.3 Å². The van der Waals surface area contributed by atoms with Crippen LogP contribution in [0.5, 0.6) is 5.75 Å². The summed E-state index contributed by atoms with van der Waals surface area (Å²) in [4.78, 5) is 14.6. The van der Waals surface area contributed by atoms with Crippen LogP contribution in [0, 0.1) is 5.92 Å². The SMILES string of the molecule is O=C(O)c1cnc(Cl)c(OCC2CCOCC2)c1. The number of ether oxygens (including phenoxy) is 2. The fourth-order valence-corrected chi connectivity index (χ4v) is 1.92. The summed E-state index contributed by atoms with van der Waals surface area (Å²) in [5, 5.41) is 9.05. The second kappa shape index (κ2) is 6.02. The van der Waals surface area contributed by atoms with Crippen LogP contribution < -0.4 is 4.74 Å². The van der Waals surface area contributed by atoms with E-state index in [4.69, 9.17) is 26.2 Å². The maximum absolute atomic E-state index is 10.8. The Hall–Kier alpha value is -1.33. The zero-order valence-electron chi connectivity index (χ0n) is 9.76. The Kier molecular flexibility index (Phi) is 4.38. The predicted octanol–water partition coefficient (Wildman–Crippen LogP) is 2.24. The summed E-state index contributed by atoms with van der Waals surface area (Å²) < 4.78 is 10.8. The van der Waals surface area contributed by atoms with Crippen LogP contribution in [-0.2, 0) is 4.74 Å². The molecule has 0 aromatic carbocycles. The van der Waals surface area contributed by atoms with Gasteiger partial charge in [0.25, 0.3) is 0 Å². The van der Waals surface area contributed by atoms with E-state index in [0.29, 0.717) is 18.3 Å². The fraction of sp³-hybridized carbons (Fsp3) is 0.500. The first-order valence-corrected chi connectivity index (χ1v) is 6.14. The molecule has 0 amide bonds. The molecule has 0 bridgehead atoms. The van der Waals surface area contributed by atoms with Crippen molar-refractivity contribution >= 4 is 17.6 Å². The van der Waals surface area contributed by atoms with Crippen molar-refractivity contribution in [1.82, 2.24) is 4.98 Å². The van der Waals surface area contributed by atoms with Crippen molar-refractivity contribution < 1.29 is 19.4 Å². The Morgan fingerprint density at radius 2 is 2.28 bits per heavy atom. The molecule has 1 N–H and O–H groups in total. The van der Waals surface area contributed by atoms with Crippen molar-refractivity contribution in [2.75, 3.05) is 19.8 Å². The standard InChI is InChI=1S/C12H14ClNO4/c13-11-10(5-9(6-14-11)12(15)16)18-7-8-1-3-17-4-2-8/h5-6,8H,1-4,7H2,(H,15,16). The third-order valence-corrected chi connectivity index (χ3v) is 3.15. The van der Waals surface area contributed by atoms with Gasteiger partial charge in [0.15, 0.2) is 10.9 Å². The highest BCUT2D eigenvalue weighted by Crippen LogP contribution is 2.25. The zero-order chi connectivity index (χ0) is 13.0. The highest BCUT2D eigenvalue weighted by atomic mass is 35.5. The molecule has 1 fully saturated rings. The van der Waals surface area contributed by atoms with Crippen LogP contribution in [0.4, 0.5) is 0 Å². The summed E-state index contributed by atoms with van der Waals surface area (Å²) >= 11 is 5.86. The van der Waals surface area contributed by atoms with Gasteiger partial charge < -0.3 is 14.6 Å². The number of pyridine rings is 1. The molecule has 0 atom stereocenters. The van der Waals surface area contributed by atoms with Gasteiger partial charge in [0, 0.05) is 19.4 Å². The van der Waals surface area contributed by atoms with Crippen LogP contribution in [0.2, 0.25) is 5.15 Å². The Morgan fingerprint density at radius 1 is 1.56 bits per heavy atom. The van der Waals surface area contributed by atoms with Crippen LogP contribution >= 0.6 is 11.6 Å². The van der Waals surface area contributed by atoms with Crippen LogP contribution in [-0.4, -0.2) is 35.9 Å². The number of hydrogen-bond acceptors (Lipinski definition) is 4. The van der Waals surface area contributed by atoms with E-state index in [1.165, 1.54) is 12.3 Å². The van der Waals surface area contributed by atoms with Gasteiger partial charge in [-0.2, -0.15) is 0 Å². The monoisotopic (exact) mass is 271 g/mol. The maximum atomic E-state index is 10.8. The zero-order valence-corrected chi connectivity index (χ0v) is 10.5. The molecular weight excluding hydrogens is 258 g/mol. The Bertz CT molecular complexity index is 432. The minimum atomic E-state index is -1.05. The fourth-order valence-electron chi connectivity index (χ4n) is 1.77. The first-order valence-electron chi connectivity index (χ1n) is 5.76. The van der Waals surface area contributed by atoms with Gasteiger partial charge in [-0.05, 0) is 24.8 Å². The molecule has 2 heterocycles. The first-order chi connectivity index (χ1) is 8.66. The summed E-state index contributed by atoms with van der Waals surface area (Å²) in [6.07, 6.45) is 3.11. The molecular formula is C12H14ClNO4. The summed E-state index contributed by atoms with van der Waals surface area (Å²) in [5.74, 6) is -0.304. The normalized spacial score (nSPS) is 16.5. The smallest absolute Gasteiger partial charge is 0.337 e. The van der Waals surface area contributed by atoms with Crippen LogP contribution in [0.1, 0.15) is 23.2 Å². The van der Waals surface area contributed by atoms with Gasteiger partial charge in [-0.3, -0.25) is 0 Å². The number of carbonyl (C=O) groups is 1. The van der Waals surface area contributed by atoms with E-state index >= 15 is 0 Å². The highest BCUT2D eigenvalue weighted by Gasteiger charge is 2.16. The number of hydrogen-bond donors (Lipinski definition) is 1. The number of aromatic carboxylic acids is 1. The summed E-state index contributed by atoms with van der Waals surface area (Å²) in [7, 11) is 0. The van der Waals surface area contributed by atoms with Crippen LogP contribution in [0.3, 0.4) is 0 Å². The number of halogens is 1. The van der Waals surface area contributed by atoms with Gasteiger partial charge >= 0.3 is 5.97 Å². The molecule has 1 saturated heterocycles. The van der Waals surface area contributed by atoms with E-state index in [1.54, 1.807) is 0 Å². The average molecular weight is 272 g/mol. The molecule has 98 valence electrons. The van der Waals surface area contributed by atoms with Gasteiger partial charge in [0.05, 0.1) is 12.2 Å². The maximum Gasteiger partial charge on any atom is 0.337 e. The summed E-state index contributed by atoms with van der Waals surface area (Å²) in [6, 6.07) is 1.40. The molecule has 0 saturated carbocycles. The molecule has 0 radical (unpaired) electrons. The largest absolute Gasteiger partial charge is 0.490 e. The number of carboxylic acids is 1. The molecule has 5 nitrogen and oxygen atoms in total. The van der Waals surface area contributed by atoms with E-state index < -0.39 is 5.97 Å². The average Bonchev–Trinajstić information content (AvgIpc) is 2.38. The van der Waals surface area contributed by atoms with Crippen LogP contribution in [0.25, 0.3) is 0 Å².